The summed E-state index contributed by atoms with van der Waals surface area (Å²) < 4.78 is 13.4. The van der Waals surface area contributed by atoms with Gasteiger partial charge in [-0.25, -0.2) is 4.39 Å². The van der Waals surface area contributed by atoms with Gasteiger partial charge < -0.3 is 11.1 Å². The molecule has 116 valence electrons. The largest absolute Gasteiger partial charge is 0.392 e. The molecule has 1 amide bonds. The summed E-state index contributed by atoms with van der Waals surface area (Å²) >= 11 is 10.7. The van der Waals surface area contributed by atoms with Crippen LogP contribution in [-0.4, -0.2) is 10.9 Å². The molecule has 1 aromatic rings. The molecule has 0 fully saturated rings. The molecule has 6 heteroatoms. The first-order valence-corrected chi connectivity index (χ1v) is 7.72. The number of thiocarbonyl (C=S) groups is 1. The van der Waals surface area contributed by atoms with Gasteiger partial charge in [0.15, 0.2) is 0 Å². The molecule has 0 heterocycles. The fraction of sp³-hybridized carbons (Fsp3) is 0.467. The number of halogens is 2. The molecular formula is C15H20ClFN2OS. The van der Waals surface area contributed by atoms with Crippen molar-refractivity contribution in [1.82, 2.24) is 0 Å². The highest BCUT2D eigenvalue weighted by atomic mass is 35.5. The molecule has 0 aliphatic heterocycles. The number of carbonyl (C=O) groups excluding carboxylic acids is 1. The predicted molar refractivity (Wildman–Crippen MR) is 89.1 cm³/mol. The Labute approximate surface area is 135 Å². The summed E-state index contributed by atoms with van der Waals surface area (Å²) in [6.45, 7) is 3.94. The van der Waals surface area contributed by atoms with E-state index in [-0.39, 0.29) is 15.9 Å². The van der Waals surface area contributed by atoms with Crippen molar-refractivity contribution in [3.63, 3.8) is 0 Å². The average molecular weight is 331 g/mol. The van der Waals surface area contributed by atoms with Gasteiger partial charge >= 0.3 is 0 Å². The number of hydrogen-bond donors (Lipinski definition) is 2. The highest BCUT2D eigenvalue weighted by molar-refractivity contribution is 7.80. The Bertz CT molecular complexity index is 530. The Morgan fingerprint density at radius 2 is 1.95 bits per heavy atom. The molecule has 0 unspecified atom stereocenters. The maximum Gasteiger partial charge on any atom is 0.237 e. The summed E-state index contributed by atoms with van der Waals surface area (Å²) in [4.78, 5) is 12.8. The second-order valence-corrected chi connectivity index (χ2v) is 5.88. The van der Waals surface area contributed by atoms with Gasteiger partial charge in [0.1, 0.15) is 5.82 Å². The molecule has 3 N–H and O–H groups in total. The number of benzene rings is 1. The highest BCUT2D eigenvalue weighted by Crippen LogP contribution is 2.32. The van der Waals surface area contributed by atoms with Gasteiger partial charge in [-0.15, -0.1) is 0 Å². The van der Waals surface area contributed by atoms with Crippen LogP contribution in [0, 0.1) is 11.2 Å². The first-order valence-electron chi connectivity index (χ1n) is 6.93. The third-order valence-corrected chi connectivity index (χ3v) is 4.13. The van der Waals surface area contributed by atoms with Gasteiger partial charge in [0.25, 0.3) is 0 Å². The van der Waals surface area contributed by atoms with E-state index < -0.39 is 11.2 Å². The Kier molecular flexibility index (Phi) is 6.55. The first kappa shape index (κ1) is 17.9. The van der Waals surface area contributed by atoms with Crippen molar-refractivity contribution in [3.8, 4) is 0 Å². The van der Waals surface area contributed by atoms with Crippen LogP contribution in [0.25, 0.3) is 0 Å². The van der Waals surface area contributed by atoms with E-state index in [0.29, 0.717) is 18.5 Å². The van der Waals surface area contributed by atoms with Crippen LogP contribution in [0.5, 0.6) is 0 Å². The zero-order valence-corrected chi connectivity index (χ0v) is 13.8. The average Bonchev–Trinajstić information content (AvgIpc) is 2.42. The Hall–Kier alpha value is -1.20. The maximum atomic E-state index is 13.4. The predicted octanol–water partition coefficient (Wildman–Crippen LogP) is 4.29. The van der Waals surface area contributed by atoms with E-state index in [0.717, 1.165) is 12.8 Å². The lowest BCUT2D eigenvalue weighted by atomic mass is 9.78. The van der Waals surface area contributed by atoms with Crippen molar-refractivity contribution in [3.05, 3.63) is 29.0 Å². The number of hydrogen-bond acceptors (Lipinski definition) is 2. The van der Waals surface area contributed by atoms with Crippen LogP contribution in [0.3, 0.4) is 0 Å². The van der Waals surface area contributed by atoms with Crippen LogP contribution in [0.1, 0.15) is 39.5 Å². The van der Waals surface area contributed by atoms with Crippen molar-refractivity contribution in [1.29, 1.82) is 0 Å². The van der Waals surface area contributed by atoms with Crippen LogP contribution in [0.4, 0.5) is 10.1 Å². The summed E-state index contributed by atoms with van der Waals surface area (Å²) in [6, 6.07) is 4.13. The minimum Gasteiger partial charge on any atom is -0.392 e. The third-order valence-electron chi connectivity index (χ3n) is 3.44. The fourth-order valence-corrected chi connectivity index (χ4v) is 2.80. The van der Waals surface area contributed by atoms with Gasteiger partial charge in [-0.3, -0.25) is 4.79 Å². The van der Waals surface area contributed by atoms with E-state index in [9.17, 15) is 9.18 Å². The summed E-state index contributed by atoms with van der Waals surface area (Å²) in [7, 11) is 0. The van der Waals surface area contributed by atoms with E-state index in [2.05, 4.69) is 5.32 Å². The van der Waals surface area contributed by atoms with E-state index in [4.69, 9.17) is 29.6 Å². The highest BCUT2D eigenvalue weighted by Gasteiger charge is 2.39. The second kappa shape index (κ2) is 7.71. The summed E-state index contributed by atoms with van der Waals surface area (Å²) in [5.74, 6) is -0.873. The third kappa shape index (κ3) is 4.14. The van der Waals surface area contributed by atoms with Gasteiger partial charge in [0, 0.05) is 5.69 Å². The van der Waals surface area contributed by atoms with Gasteiger partial charge in [0.2, 0.25) is 5.91 Å². The number of rotatable bonds is 7. The van der Waals surface area contributed by atoms with Crippen LogP contribution in [0.2, 0.25) is 5.02 Å². The minimum absolute atomic E-state index is 0.00993. The molecular weight excluding hydrogens is 311 g/mol. The minimum atomic E-state index is -0.894. The normalized spacial score (nSPS) is 11.2. The molecule has 21 heavy (non-hydrogen) atoms. The maximum absolute atomic E-state index is 13.4. The number of nitrogens with two attached hydrogens (primary N) is 1. The quantitative estimate of drug-likeness (QED) is 0.733. The molecule has 0 radical (unpaired) electrons. The zero-order valence-electron chi connectivity index (χ0n) is 12.2. The molecule has 0 spiro atoms. The van der Waals surface area contributed by atoms with Crippen LogP contribution < -0.4 is 11.1 Å². The number of carbonyl (C=O) groups is 1. The van der Waals surface area contributed by atoms with Gasteiger partial charge in [-0.1, -0.05) is 50.5 Å². The molecule has 0 aliphatic carbocycles. The number of amides is 1. The lowest BCUT2D eigenvalue weighted by molar-refractivity contribution is -0.122. The van der Waals surface area contributed by atoms with Crippen molar-refractivity contribution in [2.45, 2.75) is 39.5 Å². The van der Waals surface area contributed by atoms with Crippen LogP contribution in [-0.2, 0) is 4.79 Å². The number of anilines is 1. The molecule has 0 saturated heterocycles. The van der Waals surface area contributed by atoms with Crippen LogP contribution >= 0.6 is 23.8 Å². The number of nitrogens with one attached hydrogen (secondary N) is 1. The summed E-state index contributed by atoms with van der Waals surface area (Å²) in [5.41, 5.74) is 5.28. The van der Waals surface area contributed by atoms with E-state index in [1.807, 2.05) is 13.8 Å². The molecule has 1 aromatic carbocycles. The standard InChI is InChI=1S/C15H20ClFN2OS/c1-3-7-15(8-4-2,13(18)21)14(20)19-10-5-6-11(16)12(17)9-10/h5-6,9H,3-4,7-8H2,1-2H3,(H2,18,21)(H,19,20). The summed E-state index contributed by atoms with van der Waals surface area (Å²) in [5, 5.41) is 2.71. The van der Waals surface area contributed by atoms with Gasteiger partial charge in [0.05, 0.1) is 15.4 Å². The van der Waals surface area contributed by atoms with Crippen molar-refractivity contribution in [2.24, 2.45) is 11.1 Å². The lowest BCUT2D eigenvalue weighted by Gasteiger charge is -2.31. The zero-order chi connectivity index (χ0) is 16.0. The van der Waals surface area contributed by atoms with Crippen molar-refractivity contribution in [2.75, 3.05) is 5.32 Å². The monoisotopic (exact) mass is 330 g/mol. The smallest absolute Gasteiger partial charge is 0.237 e. The Morgan fingerprint density at radius 3 is 2.38 bits per heavy atom. The van der Waals surface area contributed by atoms with Crippen molar-refractivity contribution >= 4 is 40.4 Å². The van der Waals surface area contributed by atoms with Gasteiger partial charge in [-0.2, -0.15) is 0 Å². The second-order valence-electron chi connectivity index (χ2n) is 5.03. The van der Waals surface area contributed by atoms with E-state index >= 15 is 0 Å². The fourth-order valence-electron chi connectivity index (χ4n) is 2.39. The molecule has 1 rings (SSSR count). The first-order chi connectivity index (χ1) is 9.87. The molecule has 0 bridgehead atoms. The molecule has 0 saturated carbocycles. The summed E-state index contributed by atoms with van der Waals surface area (Å²) in [6.07, 6.45) is 2.69. The molecule has 0 aromatic heterocycles. The Morgan fingerprint density at radius 1 is 1.38 bits per heavy atom. The van der Waals surface area contributed by atoms with Crippen LogP contribution in [0.15, 0.2) is 18.2 Å². The van der Waals surface area contributed by atoms with E-state index in [1.54, 1.807) is 6.07 Å². The molecule has 3 nitrogen and oxygen atoms in total. The van der Waals surface area contributed by atoms with E-state index in [1.165, 1.54) is 12.1 Å². The SMILES string of the molecule is CCCC(CCC)(C(=O)Nc1ccc(Cl)c(F)c1)C(N)=S. The Balaban J connectivity index is 3.04. The van der Waals surface area contributed by atoms with Crippen molar-refractivity contribution < 1.29 is 9.18 Å². The van der Waals surface area contributed by atoms with Gasteiger partial charge in [-0.05, 0) is 31.0 Å². The topological polar surface area (TPSA) is 55.1 Å². The molecule has 0 aliphatic rings. The molecule has 0 atom stereocenters. The lowest BCUT2D eigenvalue weighted by Crippen LogP contribution is -2.46.